The lowest BCUT2D eigenvalue weighted by Gasteiger charge is -1.94. The van der Waals surface area contributed by atoms with E-state index in [4.69, 9.17) is 10.2 Å². The Morgan fingerprint density at radius 3 is 1.25 bits per heavy atom. The fourth-order valence-corrected chi connectivity index (χ4v) is 1.59. The van der Waals surface area contributed by atoms with Crippen LogP contribution in [0.2, 0.25) is 0 Å². The van der Waals surface area contributed by atoms with Crippen molar-refractivity contribution >= 4 is 0 Å². The minimum absolute atomic E-state index is 0.0390. The lowest BCUT2D eigenvalue weighted by molar-refractivity contribution is 0.281. The van der Waals surface area contributed by atoms with Crippen LogP contribution in [-0.2, 0) is 13.2 Å². The van der Waals surface area contributed by atoms with Crippen molar-refractivity contribution in [2.24, 2.45) is 0 Å². The second-order valence-corrected chi connectivity index (χ2v) is 4.21. The van der Waals surface area contributed by atoms with Gasteiger partial charge in [0.25, 0.3) is 0 Å². The van der Waals surface area contributed by atoms with E-state index in [1.807, 2.05) is 48.5 Å². The zero-order chi connectivity index (χ0) is 14.2. The number of hydrogen-bond donors (Lipinski definition) is 2. The fourth-order valence-electron chi connectivity index (χ4n) is 1.59. The molecule has 2 N–H and O–H groups in total. The highest BCUT2D eigenvalue weighted by Gasteiger charge is 1.90. The summed E-state index contributed by atoms with van der Waals surface area (Å²) in [6, 6.07) is 14.8. The van der Waals surface area contributed by atoms with Gasteiger partial charge in [-0.05, 0) is 47.2 Å². The third-order valence-electron chi connectivity index (χ3n) is 2.75. The molecule has 0 spiro atoms. The highest BCUT2D eigenvalue weighted by molar-refractivity contribution is 5.45. The summed E-state index contributed by atoms with van der Waals surface area (Å²) in [5.74, 6) is 11.5. The van der Waals surface area contributed by atoms with E-state index in [0.717, 1.165) is 22.3 Å². The van der Waals surface area contributed by atoms with Crippen LogP contribution >= 0.6 is 0 Å². The molecule has 0 aliphatic rings. The Bertz CT molecular complexity index is 611. The average molecular weight is 262 g/mol. The van der Waals surface area contributed by atoms with Crippen LogP contribution in [-0.4, -0.2) is 10.2 Å². The standard InChI is InChI=1S/C18H14O2/c19-13-17-9-5-15(6-10-17)3-1-2-4-16-7-11-18(14-20)12-8-16/h5-12,19-20H,13-14H2. The molecule has 0 unspecified atom stereocenters. The molecule has 0 heterocycles. The van der Waals surface area contributed by atoms with Crippen molar-refractivity contribution < 1.29 is 10.2 Å². The van der Waals surface area contributed by atoms with Gasteiger partial charge in [0, 0.05) is 11.1 Å². The number of aliphatic hydroxyl groups excluding tert-OH is 2. The van der Waals surface area contributed by atoms with Crippen LogP contribution in [0.1, 0.15) is 22.3 Å². The monoisotopic (exact) mass is 262 g/mol. The molecule has 0 aromatic heterocycles. The first-order valence-corrected chi connectivity index (χ1v) is 6.23. The number of hydrogen-bond acceptors (Lipinski definition) is 2. The largest absolute Gasteiger partial charge is 0.392 e. The van der Waals surface area contributed by atoms with Crippen molar-refractivity contribution in [2.75, 3.05) is 0 Å². The third kappa shape index (κ3) is 4.00. The van der Waals surface area contributed by atoms with Gasteiger partial charge in [0.05, 0.1) is 13.2 Å². The topological polar surface area (TPSA) is 40.5 Å². The zero-order valence-electron chi connectivity index (χ0n) is 10.9. The first kappa shape index (κ1) is 13.9. The normalized spacial score (nSPS) is 9.10. The summed E-state index contributed by atoms with van der Waals surface area (Å²) in [6.45, 7) is 0.0781. The molecule has 0 amide bonds. The van der Waals surface area contributed by atoms with Crippen LogP contribution in [0.15, 0.2) is 48.5 Å². The van der Waals surface area contributed by atoms with E-state index in [1.54, 1.807) is 0 Å². The van der Waals surface area contributed by atoms with E-state index in [2.05, 4.69) is 23.7 Å². The second kappa shape index (κ2) is 7.16. The molecule has 2 rings (SSSR count). The highest BCUT2D eigenvalue weighted by Crippen LogP contribution is 2.03. The predicted molar refractivity (Wildman–Crippen MR) is 78.5 cm³/mol. The molecule has 20 heavy (non-hydrogen) atoms. The summed E-state index contributed by atoms with van der Waals surface area (Å²) in [4.78, 5) is 0. The maximum absolute atomic E-state index is 8.93. The van der Waals surface area contributed by atoms with E-state index < -0.39 is 0 Å². The number of rotatable bonds is 2. The molecule has 0 saturated carbocycles. The number of aliphatic hydroxyl groups is 2. The Morgan fingerprint density at radius 1 is 0.600 bits per heavy atom. The minimum Gasteiger partial charge on any atom is -0.392 e. The minimum atomic E-state index is 0.0390. The summed E-state index contributed by atoms with van der Waals surface area (Å²) in [6.07, 6.45) is 0. The Labute approximate surface area is 118 Å². The molecule has 2 nitrogen and oxygen atoms in total. The van der Waals surface area contributed by atoms with Gasteiger partial charge in [-0.1, -0.05) is 36.1 Å². The molecule has 0 fully saturated rings. The molecule has 0 atom stereocenters. The SMILES string of the molecule is OCc1ccc(C#CC#Cc2ccc(CO)cc2)cc1. The van der Waals surface area contributed by atoms with E-state index in [-0.39, 0.29) is 13.2 Å². The van der Waals surface area contributed by atoms with Crippen molar-refractivity contribution in [3.05, 3.63) is 70.8 Å². The first-order chi connectivity index (χ1) is 9.81. The molecule has 98 valence electrons. The lowest BCUT2D eigenvalue weighted by atomic mass is 10.1. The molecule has 0 saturated heterocycles. The van der Waals surface area contributed by atoms with Gasteiger partial charge in [0.15, 0.2) is 0 Å². The maximum atomic E-state index is 8.93. The molecule has 2 aromatic rings. The van der Waals surface area contributed by atoms with Crippen molar-refractivity contribution in [1.82, 2.24) is 0 Å². The van der Waals surface area contributed by atoms with E-state index in [1.165, 1.54) is 0 Å². The molecule has 2 heteroatoms. The van der Waals surface area contributed by atoms with Gasteiger partial charge in [-0.15, -0.1) is 0 Å². The predicted octanol–water partition coefficient (Wildman–Crippen LogP) is 2.07. The van der Waals surface area contributed by atoms with E-state index >= 15 is 0 Å². The van der Waals surface area contributed by atoms with Crippen LogP contribution in [0.5, 0.6) is 0 Å². The smallest absolute Gasteiger partial charge is 0.0681 e. The van der Waals surface area contributed by atoms with Crippen LogP contribution < -0.4 is 0 Å². The summed E-state index contributed by atoms with van der Waals surface area (Å²) >= 11 is 0. The Morgan fingerprint density at radius 2 is 0.950 bits per heavy atom. The second-order valence-electron chi connectivity index (χ2n) is 4.21. The maximum Gasteiger partial charge on any atom is 0.0681 e. The lowest BCUT2D eigenvalue weighted by Crippen LogP contribution is -1.82. The summed E-state index contributed by atoms with van der Waals surface area (Å²) < 4.78 is 0. The van der Waals surface area contributed by atoms with Gasteiger partial charge >= 0.3 is 0 Å². The molecule has 2 aromatic carbocycles. The Hall–Kier alpha value is -2.52. The average Bonchev–Trinajstić information content (AvgIpc) is 2.53. The van der Waals surface area contributed by atoms with Gasteiger partial charge in [0.2, 0.25) is 0 Å². The van der Waals surface area contributed by atoms with Crippen molar-refractivity contribution in [3.8, 4) is 23.7 Å². The van der Waals surface area contributed by atoms with Crippen LogP contribution in [0.3, 0.4) is 0 Å². The van der Waals surface area contributed by atoms with Crippen LogP contribution in [0, 0.1) is 23.7 Å². The summed E-state index contributed by atoms with van der Waals surface area (Å²) in [5, 5.41) is 17.9. The molecular formula is C18H14O2. The van der Waals surface area contributed by atoms with Crippen LogP contribution in [0.25, 0.3) is 0 Å². The van der Waals surface area contributed by atoms with Gasteiger partial charge in [-0.2, -0.15) is 0 Å². The van der Waals surface area contributed by atoms with E-state index in [9.17, 15) is 0 Å². The Kier molecular flexibility index (Phi) is 4.98. The quantitative estimate of drug-likeness (QED) is 0.813. The van der Waals surface area contributed by atoms with Crippen molar-refractivity contribution in [1.29, 1.82) is 0 Å². The summed E-state index contributed by atoms with van der Waals surface area (Å²) in [5.41, 5.74) is 3.47. The van der Waals surface area contributed by atoms with Crippen LogP contribution in [0.4, 0.5) is 0 Å². The third-order valence-corrected chi connectivity index (χ3v) is 2.75. The molecule has 0 bridgehead atoms. The Balaban J connectivity index is 2.04. The van der Waals surface area contributed by atoms with Crippen molar-refractivity contribution in [2.45, 2.75) is 13.2 Å². The first-order valence-electron chi connectivity index (χ1n) is 6.23. The van der Waals surface area contributed by atoms with Gasteiger partial charge in [-0.25, -0.2) is 0 Å². The molecule has 0 aliphatic carbocycles. The van der Waals surface area contributed by atoms with E-state index in [0.29, 0.717) is 0 Å². The molecule has 0 aliphatic heterocycles. The van der Waals surface area contributed by atoms with Gasteiger partial charge in [0.1, 0.15) is 0 Å². The van der Waals surface area contributed by atoms with Gasteiger partial charge in [-0.3, -0.25) is 0 Å². The molecule has 0 radical (unpaired) electrons. The highest BCUT2D eigenvalue weighted by atomic mass is 16.3. The number of benzene rings is 2. The fraction of sp³-hybridized carbons (Fsp3) is 0.111. The summed E-state index contributed by atoms with van der Waals surface area (Å²) in [7, 11) is 0. The molecular weight excluding hydrogens is 248 g/mol. The zero-order valence-corrected chi connectivity index (χ0v) is 10.9. The van der Waals surface area contributed by atoms with Gasteiger partial charge < -0.3 is 10.2 Å². The van der Waals surface area contributed by atoms with Crippen molar-refractivity contribution in [3.63, 3.8) is 0 Å².